The van der Waals surface area contributed by atoms with Gasteiger partial charge in [0, 0.05) is 0 Å². The SMILES string of the molecule is C/C(=C\C(=N)N)C(C)(C)C. The van der Waals surface area contributed by atoms with E-state index in [2.05, 4.69) is 20.8 Å². The maximum atomic E-state index is 7.01. The third kappa shape index (κ3) is 3.28. The maximum absolute atomic E-state index is 7.01. The molecule has 3 N–H and O–H groups in total. The lowest BCUT2D eigenvalue weighted by atomic mass is 9.87. The number of nitrogens with two attached hydrogens (primary N) is 1. The Morgan fingerprint density at radius 1 is 1.40 bits per heavy atom. The summed E-state index contributed by atoms with van der Waals surface area (Å²) in [6.07, 6.45) is 1.69. The van der Waals surface area contributed by atoms with Gasteiger partial charge in [-0.1, -0.05) is 26.3 Å². The largest absolute Gasteiger partial charge is 0.384 e. The highest BCUT2D eigenvalue weighted by atomic mass is 14.7. The number of hydrogen-bond donors (Lipinski definition) is 2. The molecule has 0 spiro atoms. The molecule has 0 rings (SSSR count). The van der Waals surface area contributed by atoms with Gasteiger partial charge in [-0.25, -0.2) is 0 Å². The minimum absolute atomic E-state index is 0.131. The molecule has 0 atom stereocenters. The molecule has 0 saturated carbocycles. The highest BCUT2D eigenvalue weighted by Gasteiger charge is 2.11. The zero-order chi connectivity index (χ0) is 8.36. The molecule has 0 heterocycles. The number of amidine groups is 1. The van der Waals surface area contributed by atoms with Gasteiger partial charge in [-0.3, -0.25) is 5.41 Å². The minimum atomic E-state index is 0.131. The van der Waals surface area contributed by atoms with E-state index in [9.17, 15) is 0 Å². The van der Waals surface area contributed by atoms with Crippen LogP contribution in [-0.2, 0) is 0 Å². The van der Waals surface area contributed by atoms with Gasteiger partial charge in [0.05, 0.1) is 0 Å². The van der Waals surface area contributed by atoms with Crippen molar-refractivity contribution < 1.29 is 0 Å². The van der Waals surface area contributed by atoms with Crippen molar-refractivity contribution in [3.8, 4) is 0 Å². The molecule has 0 aromatic heterocycles. The van der Waals surface area contributed by atoms with E-state index in [1.807, 2.05) is 6.92 Å². The van der Waals surface area contributed by atoms with Crippen molar-refractivity contribution in [2.24, 2.45) is 11.1 Å². The van der Waals surface area contributed by atoms with Crippen LogP contribution >= 0.6 is 0 Å². The van der Waals surface area contributed by atoms with E-state index in [1.54, 1.807) is 6.08 Å². The average molecular weight is 140 g/mol. The second-order valence-electron chi connectivity index (χ2n) is 3.53. The molecule has 0 aromatic carbocycles. The van der Waals surface area contributed by atoms with E-state index < -0.39 is 0 Å². The Kier molecular flexibility index (Phi) is 2.64. The minimum Gasteiger partial charge on any atom is -0.384 e. The molecular formula is C8H16N2. The monoisotopic (exact) mass is 140 g/mol. The van der Waals surface area contributed by atoms with E-state index in [4.69, 9.17) is 11.1 Å². The van der Waals surface area contributed by atoms with Crippen LogP contribution in [0.15, 0.2) is 11.6 Å². The zero-order valence-corrected chi connectivity index (χ0v) is 7.15. The topological polar surface area (TPSA) is 49.9 Å². The predicted molar refractivity (Wildman–Crippen MR) is 45.1 cm³/mol. The van der Waals surface area contributed by atoms with Gasteiger partial charge in [0.1, 0.15) is 5.84 Å². The normalized spacial score (nSPS) is 13.4. The fourth-order valence-electron chi connectivity index (χ4n) is 0.450. The van der Waals surface area contributed by atoms with Gasteiger partial charge >= 0.3 is 0 Å². The average Bonchev–Trinajstić information content (AvgIpc) is 1.60. The lowest BCUT2D eigenvalue weighted by molar-refractivity contribution is 0.504. The molecule has 0 fully saturated rings. The first-order valence-corrected chi connectivity index (χ1v) is 3.37. The molecule has 0 aromatic rings. The van der Waals surface area contributed by atoms with Crippen LogP contribution < -0.4 is 5.73 Å². The van der Waals surface area contributed by atoms with Crippen LogP contribution in [0.1, 0.15) is 27.7 Å². The molecule has 0 aliphatic rings. The van der Waals surface area contributed by atoms with Crippen LogP contribution in [0.3, 0.4) is 0 Å². The summed E-state index contributed by atoms with van der Waals surface area (Å²) >= 11 is 0. The Morgan fingerprint density at radius 3 is 1.90 bits per heavy atom. The summed E-state index contributed by atoms with van der Waals surface area (Å²) in [5, 5.41) is 7.01. The molecule has 0 aliphatic heterocycles. The first-order chi connectivity index (χ1) is 4.34. The van der Waals surface area contributed by atoms with Crippen molar-refractivity contribution in [2.45, 2.75) is 27.7 Å². The van der Waals surface area contributed by atoms with E-state index in [-0.39, 0.29) is 11.3 Å². The fourth-order valence-corrected chi connectivity index (χ4v) is 0.450. The number of allylic oxidation sites excluding steroid dienone is 1. The van der Waals surface area contributed by atoms with Crippen LogP contribution in [0.25, 0.3) is 0 Å². The van der Waals surface area contributed by atoms with Crippen molar-refractivity contribution in [3.05, 3.63) is 11.6 Å². The Labute approximate surface area is 62.6 Å². The summed E-state index contributed by atoms with van der Waals surface area (Å²) in [6.45, 7) is 8.28. The maximum Gasteiger partial charge on any atom is 0.115 e. The fraction of sp³-hybridized carbons (Fsp3) is 0.625. The van der Waals surface area contributed by atoms with Crippen molar-refractivity contribution in [2.75, 3.05) is 0 Å². The molecule has 0 unspecified atom stereocenters. The lowest BCUT2D eigenvalue weighted by Gasteiger charge is -2.18. The van der Waals surface area contributed by atoms with Crippen molar-refractivity contribution >= 4 is 5.84 Å². The molecular weight excluding hydrogens is 124 g/mol. The summed E-state index contributed by atoms with van der Waals surface area (Å²) in [4.78, 5) is 0. The highest BCUT2D eigenvalue weighted by Crippen LogP contribution is 2.23. The number of nitrogens with one attached hydrogen (secondary N) is 1. The van der Waals surface area contributed by atoms with Crippen LogP contribution in [0.2, 0.25) is 0 Å². The van der Waals surface area contributed by atoms with Gasteiger partial charge in [-0.05, 0) is 18.4 Å². The Morgan fingerprint density at radius 2 is 1.80 bits per heavy atom. The van der Waals surface area contributed by atoms with E-state index >= 15 is 0 Å². The molecule has 58 valence electrons. The summed E-state index contributed by atoms with van der Waals surface area (Å²) in [6, 6.07) is 0. The van der Waals surface area contributed by atoms with Crippen LogP contribution in [0, 0.1) is 10.8 Å². The molecule has 0 aliphatic carbocycles. The van der Waals surface area contributed by atoms with Gasteiger partial charge in [-0.15, -0.1) is 0 Å². The number of rotatable bonds is 1. The highest BCUT2D eigenvalue weighted by molar-refractivity contribution is 5.89. The Hall–Kier alpha value is -0.790. The standard InChI is InChI=1S/C8H16N2/c1-6(5-7(9)10)8(2,3)4/h5H,1-4H3,(H3,9,10)/b6-5+. The quantitative estimate of drug-likeness (QED) is 0.424. The molecule has 0 radical (unpaired) electrons. The Balaban J connectivity index is 4.35. The Bertz CT molecular complexity index is 161. The third-order valence-corrected chi connectivity index (χ3v) is 1.56. The molecule has 10 heavy (non-hydrogen) atoms. The van der Waals surface area contributed by atoms with Crippen molar-refractivity contribution in [1.82, 2.24) is 0 Å². The zero-order valence-electron chi connectivity index (χ0n) is 7.15. The third-order valence-electron chi connectivity index (χ3n) is 1.56. The number of hydrogen-bond acceptors (Lipinski definition) is 1. The molecule has 2 nitrogen and oxygen atoms in total. The lowest BCUT2D eigenvalue weighted by Crippen LogP contribution is -2.12. The van der Waals surface area contributed by atoms with Gasteiger partial charge < -0.3 is 5.73 Å². The van der Waals surface area contributed by atoms with Crippen LogP contribution in [-0.4, -0.2) is 5.84 Å². The van der Waals surface area contributed by atoms with Gasteiger partial charge in [-0.2, -0.15) is 0 Å². The van der Waals surface area contributed by atoms with E-state index in [0.717, 1.165) is 5.57 Å². The summed E-state index contributed by atoms with van der Waals surface area (Å²) < 4.78 is 0. The summed E-state index contributed by atoms with van der Waals surface area (Å²) in [5.41, 5.74) is 6.47. The smallest absolute Gasteiger partial charge is 0.115 e. The molecule has 2 heteroatoms. The van der Waals surface area contributed by atoms with Crippen molar-refractivity contribution in [1.29, 1.82) is 5.41 Å². The van der Waals surface area contributed by atoms with Gasteiger partial charge in [0.2, 0.25) is 0 Å². The van der Waals surface area contributed by atoms with Gasteiger partial charge in [0.15, 0.2) is 0 Å². The first-order valence-electron chi connectivity index (χ1n) is 3.37. The van der Waals surface area contributed by atoms with Crippen LogP contribution in [0.4, 0.5) is 0 Å². The predicted octanol–water partition coefficient (Wildman–Crippen LogP) is 1.91. The second-order valence-corrected chi connectivity index (χ2v) is 3.53. The second kappa shape index (κ2) is 2.86. The first kappa shape index (κ1) is 9.21. The summed E-state index contributed by atoms with van der Waals surface area (Å²) in [5.74, 6) is 0.132. The molecule has 0 bridgehead atoms. The van der Waals surface area contributed by atoms with E-state index in [1.165, 1.54) is 0 Å². The molecule has 0 amide bonds. The van der Waals surface area contributed by atoms with Crippen molar-refractivity contribution in [3.63, 3.8) is 0 Å². The van der Waals surface area contributed by atoms with Crippen LogP contribution in [0.5, 0.6) is 0 Å². The van der Waals surface area contributed by atoms with Gasteiger partial charge in [0.25, 0.3) is 0 Å². The van der Waals surface area contributed by atoms with E-state index in [0.29, 0.717) is 0 Å². The summed E-state index contributed by atoms with van der Waals surface area (Å²) in [7, 11) is 0. The molecule has 0 saturated heterocycles.